The van der Waals surface area contributed by atoms with Crippen LogP contribution in [0.15, 0.2) is 34.9 Å². The van der Waals surface area contributed by atoms with Crippen LogP contribution in [-0.2, 0) is 4.79 Å². The van der Waals surface area contributed by atoms with Crippen molar-refractivity contribution in [2.75, 3.05) is 0 Å². The van der Waals surface area contributed by atoms with Crippen LogP contribution >= 0.6 is 15.9 Å². The van der Waals surface area contributed by atoms with Crippen molar-refractivity contribution in [2.45, 2.75) is 6.92 Å². The molecule has 0 heterocycles. The van der Waals surface area contributed by atoms with E-state index in [1.807, 2.05) is 0 Å². The van der Waals surface area contributed by atoms with Crippen LogP contribution in [0.25, 0.3) is 0 Å². The highest BCUT2D eigenvalue weighted by Gasteiger charge is 1.81. The predicted molar refractivity (Wildman–Crippen MR) is 47.0 cm³/mol. The Bertz CT molecular complexity index is 167. The Labute approximate surface area is 69.3 Å². The summed E-state index contributed by atoms with van der Waals surface area (Å²) < 4.78 is 0.869. The number of carbonyl (C=O) groups excluding carboxylic acids is 1. The molecule has 0 saturated carbocycles. The van der Waals surface area contributed by atoms with Gasteiger partial charge >= 0.3 is 0 Å². The molecule has 0 amide bonds. The molecule has 0 aromatic heterocycles. The van der Waals surface area contributed by atoms with E-state index in [-0.39, 0.29) is 0 Å². The molecule has 10 heavy (non-hydrogen) atoms. The van der Waals surface area contributed by atoms with E-state index in [1.54, 1.807) is 25.2 Å². The first kappa shape index (κ1) is 9.37. The second-order valence-electron chi connectivity index (χ2n) is 1.78. The van der Waals surface area contributed by atoms with Gasteiger partial charge in [-0.15, -0.1) is 0 Å². The standard InChI is InChI=1S/C8H9BrO/c1-3-8(9)5-4-7(2)6-10/h3-6H,1H2,2H3/b7-4+,8-5+. The second kappa shape index (κ2) is 5.18. The molecule has 0 atom stereocenters. The van der Waals surface area contributed by atoms with E-state index in [4.69, 9.17) is 0 Å². The maximum Gasteiger partial charge on any atom is 0.145 e. The minimum Gasteiger partial charge on any atom is -0.298 e. The maximum atomic E-state index is 10.1. The highest BCUT2D eigenvalue weighted by Crippen LogP contribution is 2.05. The molecule has 1 nitrogen and oxygen atoms in total. The molecule has 0 spiro atoms. The van der Waals surface area contributed by atoms with Gasteiger partial charge in [0.25, 0.3) is 0 Å². The van der Waals surface area contributed by atoms with Crippen LogP contribution in [0.4, 0.5) is 0 Å². The summed E-state index contributed by atoms with van der Waals surface area (Å²) in [4.78, 5) is 10.1. The number of rotatable bonds is 3. The molecule has 54 valence electrons. The van der Waals surface area contributed by atoms with Gasteiger partial charge in [-0.3, -0.25) is 4.79 Å². The summed E-state index contributed by atoms with van der Waals surface area (Å²) in [7, 11) is 0. The molecule has 0 aliphatic heterocycles. The van der Waals surface area contributed by atoms with Crippen molar-refractivity contribution < 1.29 is 4.79 Å². The Morgan fingerprint density at radius 1 is 1.50 bits per heavy atom. The number of halogens is 1. The van der Waals surface area contributed by atoms with Gasteiger partial charge in [0.2, 0.25) is 0 Å². The number of allylic oxidation sites excluding steroid dienone is 5. The Kier molecular flexibility index (Phi) is 4.85. The maximum absolute atomic E-state index is 10.1. The van der Waals surface area contributed by atoms with Gasteiger partial charge < -0.3 is 0 Å². The molecular formula is C8H9BrO. The Balaban J connectivity index is 4.16. The lowest BCUT2D eigenvalue weighted by atomic mass is 10.3. The summed E-state index contributed by atoms with van der Waals surface area (Å²) in [6.07, 6.45) is 5.96. The number of aldehydes is 1. The van der Waals surface area contributed by atoms with E-state index in [2.05, 4.69) is 22.5 Å². The van der Waals surface area contributed by atoms with E-state index >= 15 is 0 Å². The third-order valence-electron chi connectivity index (χ3n) is 0.886. The largest absolute Gasteiger partial charge is 0.298 e. The van der Waals surface area contributed by atoms with Crippen molar-refractivity contribution in [3.05, 3.63) is 34.9 Å². The molecule has 0 fully saturated rings. The van der Waals surface area contributed by atoms with E-state index in [0.717, 1.165) is 10.8 Å². The fourth-order valence-electron chi connectivity index (χ4n) is 0.318. The van der Waals surface area contributed by atoms with Crippen LogP contribution in [0.1, 0.15) is 6.92 Å². The van der Waals surface area contributed by atoms with E-state index in [9.17, 15) is 4.79 Å². The minimum atomic E-state index is 0.693. The van der Waals surface area contributed by atoms with Gasteiger partial charge in [0.1, 0.15) is 6.29 Å². The summed E-state index contributed by atoms with van der Waals surface area (Å²) >= 11 is 3.22. The molecule has 0 radical (unpaired) electrons. The molecule has 0 bridgehead atoms. The zero-order valence-corrected chi connectivity index (χ0v) is 7.39. The van der Waals surface area contributed by atoms with Crippen LogP contribution in [0.2, 0.25) is 0 Å². The lowest BCUT2D eigenvalue weighted by molar-refractivity contribution is -0.104. The molecule has 0 rings (SSSR count). The van der Waals surface area contributed by atoms with Crippen molar-refractivity contribution >= 4 is 22.2 Å². The fourth-order valence-corrected chi connectivity index (χ4v) is 0.451. The molecule has 0 aliphatic carbocycles. The van der Waals surface area contributed by atoms with Crippen LogP contribution in [0.5, 0.6) is 0 Å². The quantitative estimate of drug-likeness (QED) is 0.389. The van der Waals surface area contributed by atoms with Gasteiger partial charge in [-0.25, -0.2) is 0 Å². The lowest BCUT2D eigenvalue weighted by Crippen LogP contribution is -1.72. The highest BCUT2D eigenvalue weighted by atomic mass is 79.9. The second-order valence-corrected chi connectivity index (χ2v) is 2.70. The molecule has 0 aromatic carbocycles. The molecule has 0 unspecified atom stereocenters. The predicted octanol–water partition coefficient (Wildman–Crippen LogP) is 2.60. The lowest BCUT2D eigenvalue weighted by Gasteiger charge is -1.83. The fraction of sp³-hybridized carbons (Fsp3) is 0.125. The van der Waals surface area contributed by atoms with Crippen molar-refractivity contribution in [3.63, 3.8) is 0 Å². The summed E-state index contributed by atoms with van der Waals surface area (Å²) in [6.45, 7) is 5.27. The summed E-state index contributed by atoms with van der Waals surface area (Å²) in [6, 6.07) is 0. The number of carbonyl (C=O) groups is 1. The van der Waals surface area contributed by atoms with Gasteiger partial charge in [0.05, 0.1) is 0 Å². The normalized spacial score (nSPS) is 13.0. The zero-order valence-electron chi connectivity index (χ0n) is 5.80. The van der Waals surface area contributed by atoms with Crippen molar-refractivity contribution in [3.8, 4) is 0 Å². The van der Waals surface area contributed by atoms with E-state index in [0.29, 0.717) is 5.57 Å². The molecule has 2 heteroatoms. The number of hydrogen-bond donors (Lipinski definition) is 0. The molecule has 0 aliphatic rings. The first-order valence-corrected chi connectivity index (χ1v) is 3.61. The average molecular weight is 201 g/mol. The third-order valence-corrected chi connectivity index (χ3v) is 1.47. The summed E-state index contributed by atoms with van der Waals surface area (Å²) in [5.74, 6) is 0. The molecule has 0 saturated heterocycles. The summed E-state index contributed by atoms with van der Waals surface area (Å²) in [5.41, 5.74) is 0.693. The first-order valence-electron chi connectivity index (χ1n) is 2.82. The van der Waals surface area contributed by atoms with Gasteiger partial charge in [0.15, 0.2) is 0 Å². The topological polar surface area (TPSA) is 17.1 Å². The molecule has 0 aromatic rings. The summed E-state index contributed by atoms with van der Waals surface area (Å²) in [5, 5.41) is 0. The zero-order chi connectivity index (χ0) is 7.98. The van der Waals surface area contributed by atoms with Crippen LogP contribution < -0.4 is 0 Å². The van der Waals surface area contributed by atoms with Gasteiger partial charge in [0, 0.05) is 4.48 Å². The Morgan fingerprint density at radius 2 is 2.10 bits per heavy atom. The molecular weight excluding hydrogens is 192 g/mol. The highest BCUT2D eigenvalue weighted by molar-refractivity contribution is 9.11. The number of hydrogen-bond acceptors (Lipinski definition) is 1. The van der Waals surface area contributed by atoms with Crippen molar-refractivity contribution in [2.24, 2.45) is 0 Å². The van der Waals surface area contributed by atoms with Gasteiger partial charge in [-0.2, -0.15) is 0 Å². The molecule has 0 N–H and O–H groups in total. The minimum absolute atomic E-state index is 0.693. The smallest absolute Gasteiger partial charge is 0.145 e. The Hall–Kier alpha value is -0.630. The van der Waals surface area contributed by atoms with E-state index in [1.165, 1.54) is 0 Å². The van der Waals surface area contributed by atoms with Crippen LogP contribution in [-0.4, -0.2) is 6.29 Å². The van der Waals surface area contributed by atoms with E-state index < -0.39 is 0 Å². The first-order chi connectivity index (χ1) is 4.70. The van der Waals surface area contributed by atoms with Crippen LogP contribution in [0.3, 0.4) is 0 Å². The third kappa shape index (κ3) is 4.27. The Morgan fingerprint density at radius 3 is 2.50 bits per heavy atom. The van der Waals surface area contributed by atoms with Crippen molar-refractivity contribution in [1.29, 1.82) is 0 Å². The van der Waals surface area contributed by atoms with Gasteiger partial charge in [-0.1, -0.05) is 34.7 Å². The monoisotopic (exact) mass is 200 g/mol. The van der Waals surface area contributed by atoms with Crippen LogP contribution in [0, 0.1) is 0 Å². The SMILES string of the molecule is C=C/C(Br)=C\C=C(/C)C=O. The van der Waals surface area contributed by atoms with Crippen molar-refractivity contribution in [1.82, 2.24) is 0 Å². The average Bonchev–Trinajstić information content (AvgIpc) is 1.99. The van der Waals surface area contributed by atoms with Gasteiger partial charge in [-0.05, 0) is 18.6 Å².